The van der Waals surface area contributed by atoms with Crippen molar-refractivity contribution < 1.29 is 14.3 Å². The first-order valence-electron chi connectivity index (χ1n) is 6.27. The van der Waals surface area contributed by atoms with E-state index in [1.165, 1.54) is 18.2 Å². The normalized spacial score (nSPS) is 11.6. The van der Waals surface area contributed by atoms with Crippen LogP contribution >= 0.6 is 0 Å². The maximum atomic E-state index is 13.0. The Morgan fingerprint density at radius 2 is 2.26 bits per heavy atom. The number of nitrogens with one attached hydrogen (secondary N) is 1. The van der Waals surface area contributed by atoms with Gasteiger partial charge in [0.1, 0.15) is 5.82 Å². The van der Waals surface area contributed by atoms with Gasteiger partial charge in [0.05, 0.1) is 12.5 Å². The molecule has 0 saturated carbocycles. The summed E-state index contributed by atoms with van der Waals surface area (Å²) in [5, 5.41) is 12.5. The Balaban J connectivity index is 2.30. The van der Waals surface area contributed by atoms with Crippen LogP contribution in [0.4, 0.5) is 4.39 Å². The highest BCUT2D eigenvalue weighted by molar-refractivity contribution is 5.76. The van der Waals surface area contributed by atoms with Crippen LogP contribution in [0.5, 0.6) is 0 Å². The first-order chi connectivity index (χ1) is 9.13. The molecular formula is C15H18FNO2. The van der Waals surface area contributed by atoms with Crippen LogP contribution in [-0.2, 0) is 4.79 Å². The molecule has 102 valence electrons. The number of carbonyl (C=O) groups excluding carboxylic acids is 1. The lowest BCUT2D eigenvalue weighted by molar-refractivity contribution is -0.123. The summed E-state index contributed by atoms with van der Waals surface area (Å²) < 4.78 is 13.0. The molecule has 19 heavy (non-hydrogen) atoms. The Bertz CT molecular complexity index is 454. The SMILES string of the molecule is C#CCCCCNC(=O)CC(O)c1cccc(F)c1. The molecule has 0 aliphatic heterocycles. The highest BCUT2D eigenvalue weighted by Gasteiger charge is 2.13. The van der Waals surface area contributed by atoms with Gasteiger partial charge in [0, 0.05) is 13.0 Å². The van der Waals surface area contributed by atoms with E-state index < -0.39 is 11.9 Å². The zero-order valence-electron chi connectivity index (χ0n) is 10.7. The van der Waals surface area contributed by atoms with Crippen molar-refractivity contribution in [2.24, 2.45) is 0 Å². The van der Waals surface area contributed by atoms with E-state index in [9.17, 15) is 14.3 Å². The summed E-state index contributed by atoms with van der Waals surface area (Å²) in [7, 11) is 0. The molecule has 0 spiro atoms. The van der Waals surface area contributed by atoms with Gasteiger partial charge >= 0.3 is 0 Å². The van der Waals surface area contributed by atoms with Gasteiger partial charge in [0.25, 0.3) is 0 Å². The number of aliphatic hydroxyl groups is 1. The zero-order chi connectivity index (χ0) is 14.1. The fourth-order valence-electron chi connectivity index (χ4n) is 1.66. The van der Waals surface area contributed by atoms with E-state index in [1.807, 2.05) is 0 Å². The van der Waals surface area contributed by atoms with Crippen molar-refractivity contribution in [1.82, 2.24) is 5.32 Å². The van der Waals surface area contributed by atoms with Crippen LogP contribution in [0.1, 0.15) is 37.4 Å². The molecule has 0 aromatic heterocycles. The molecule has 4 heteroatoms. The summed E-state index contributed by atoms with van der Waals surface area (Å²) in [5.41, 5.74) is 0.405. The maximum Gasteiger partial charge on any atom is 0.222 e. The van der Waals surface area contributed by atoms with Crippen molar-refractivity contribution in [3.8, 4) is 12.3 Å². The smallest absolute Gasteiger partial charge is 0.222 e. The highest BCUT2D eigenvalue weighted by Crippen LogP contribution is 2.17. The standard InChI is InChI=1S/C15H18FNO2/c1-2-3-4-5-9-17-15(19)11-14(18)12-7-6-8-13(16)10-12/h1,6-8,10,14,18H,3-5,9,11H2,(H,17,19). The number of benzene rings is 1. The van der Waals surface area contributed by atoms with Gasteiger partial charge in [-0.2, -0.15) is 0 Å². The molecule has 0 heterocycles. The van der Waals surface area contributed by atoms with Crippen LogP contribution in [0.25, 0.3) is 0 Å². The maximum absolute atomic E-state index is 13.0. The van der Waals surface area contributed by atoms with E-state index in [4.69, 9.17) is 6.42 Å². The summed E-state index contributed by atoms with van der Waals surface area (Å²) in [5.74, 6) is 1.85. The van der Waals surface area contributed by atoms with Crippen LogP contribution in [0, 0.1) is 18.2 Å². The van der Waals surface area contributed by atoms with E-state index in [1.54, 1.807) is 6.07 Å². The van der Waals surface area contributed by atoms with E-state index in [0.29, 0.717) is 18.5 Å². The van der Waals surface area contributed by atoms with Crippen molar-refractivity contribution in [2.75, 3.05) is 6.54 Å². The topological polar surface area (TPSA) is 49.3 Å². The van der Waals surface area contributed by atoms with Crippen molar-refractivity contribution in [3.05, 3.63) is 35.6 Å². The minimum Gasteiger partial charge on any atom is -0.388 e. The van der Waals surface area contributed by atoms with Crippen LogP contribution in [0.15, 0.2) is 24.3 Å². The van der Waals surface area contributed by atoms with E-state index in [2.05, 4.69) is 11.2 Å². The molecule has 2 N–H and O–H groups in total. The first-order valence-corrected chi connectivity index (χ1v) is 6.27. The van der Waals surface area contributed by atoms with Crippen molar-refractivity contribution in [3.63, 3.8) is 0 Å². The molecule has 0 bridgehead atoms. The number of terminal acetylenes is 1. The molecule has 3 nitrogen and oxygen atoms in total. The Labute approximate surface area is 112 Å². The number of carbonyl (C=O) groups is 1. The minimum absolute atomic E-state index is 0.0708. The van der Waals surface area contributed by atoms with E-state index in [-0.39, 0.29) is 12.3 Å². The Kier molecular flexibility index (Phi) is 6.62. The van der Waals surface area contributed by atoms with E-state index >= 15 is 0 Å². The summed E-state index contributed by atoms with van der Waals surface area (Å²) in [6.07, 6.45) is 6.43. The minimum atomic E-state index is -0.985. The number of hydrogen-bond acceptors (Lipinski definition) is 2. The molecule has 0 saturated heterocycles. The third kappa shape index (κ3) is 6.03. The predicted octanol–water partition coefficient (Wildman–Crippen LogP) is 2.17. The monoisotopic (exact) mass is 263 g/mol. The number of halogens is 1. The summed E-state index contributed by atoms with van der Waals surface area (Å²) in [4.78, 5) is 11.5. The molecule has 1 amide bonds. The molecule has 1 atom stereocenters. The highest BCUT2D eigenvalue weighted by atomic mass is 19.1. The average Bonchev–Trinajstić information content (AvgIpc) is 2.38. The summed E-state index contributed by atoms with van der Waals surface area (Å²) in [6.45, 7) is 0.538. The second-order valence-corrected chi connectivity index (χ2v) is 4.29. The Morgan fingerprint density at radius 1 is 1.47 bits per heavy atom. The fourth-order valence-corrected chi connectivity index (χ4v) is 1.66. The number of hydrogen-bond donors (Lipinski definition) is 2. The van der Waals surface area contributed by atoms with Crippen LogP contribution in [-0.4, -0.2) is 17.6 Å². The van der Waals surface area contributed by atoms with Gasteiger partial charge in [0.15, 0.2) is 0 Å². The van der Waals surface area contributed by atoms with Gasteiger partial charge in [0.2, 0.25) is 5.91 Å². The van der Waals surface area contributed by atoms with Gasteiger partial charge in [-0.1, -0.05) is 12.1 Å². The lowest BCUT2D eigenvalue weighted by Gasteiger charge is -2.11. The molecule has 1 aromatic carbocycles. The number of unbranched alkanes of at least 4 members (excludes halogenated alkanes) is 2. The Hall–Kier alpha value is -1.86. The molecule has 1 unspecified atom stereocenters. The molecule has 1 aromatic rings. The predicted molar refractivity (Wildman–Crippen MR) is 71.7 cm³/mol. The second-order valence-electron chi connectivity index (χ2n) is 4.29. The lowest BCUT2D eigenvalue weighted by atomic mass is 10.1. The molecule has 1 rings (SSSR count). The first kappa shape index (κ1) is 15.2. The van der Waals surface area contributed by atoms with Crippen LogP contribution < -0.4 is 5.32 Å². The molecule has 0 aliphatic rings. The fraction of sp³-hybridized carbons (Fsp3) is 0.400. The lowest BCUT2D eigenvalue weighted by Crippen LogP contribution is -2.26. The van der Waals surface area contributed by atoms with Crippen molar-refractivity contribution >= 4 is 5.91 Å². The van der Waals surface area contributed by atoms with Gasteiger partial charge in [-0.25, -0.2) is 4.39 Å². The summed E-state index contributed by atoms with van der Waals surface area (Å²) >= 11 is 0. The van der Waals surface area contributed by atoms with Gasteiger partial charge < -0.3 is 10.4 Å². The molecule has 0 fully saturated rings. The van der Waals surface area contributed by atoms with Crippen molar-refractivity contribution in [2.45, 2.75) is 31.8 Å². The molecule has 0 radical (unpaired) electrons. The number of amides is 1. The third-order valence-corrected chi connectivity index (χ3v) is 2.68. The van der Waals surface area contributed by atoms with Gasteiger partial charge in [-0.15, -0.1) is 12.3 Å². The number of aliphatic hydroxyl groups excluding tert-OH is 1. The average molecular weight is 263 g/mol. The Morgan fingerprint density at radius 3 is 2.95 bits per heavy atom. The third-order valence-electron chi connectivity index (χ3n) is 2.68. The van der Waals surface area contributed by atoms with Crippen LogP contribution in [0.3, 0.4) is 0 Å². The van der Waals surface area contributed by atoms with Crippen molar-refractivity contribution in [1.29, 1.82) is 0 Å². The van der Waals surface area contributed by atoms with Gasteiger partial charge in [-0.3, -0.25) is 4.79 Å². The number of rotatable bonds is 7. The van der Waals surface area contributed by atoms with E-state index in [0.717, 1.165) is 12.8 Å². The molecular weight excluding hydrogens is 245 g/mol. The largest absolute Gasteiger partial charge is 0.388 e. The molecule has 0 aliphatic carbocycles. The van der Waals surface area contributed by atoms with Crippen LogP contribution in [0.2, 0.25) is 0 Å². The second kappa shape index (κ2) is 8.28. The quantitative estimate of drug-likeness (QED) is 0.585. The zero-order valence-corrected chi connectivity index (χ0v) is 10.7. The summed E-state index contributed by atoms with van der Waals surface area (Å²) in [6, 6.07) is 5.62. The van der Waals surface area contributed by atoms with Gasteiger partial charge in [-0.05, 0) is 30.5 Å².